The molecular weight excluding hydrogens is 310 g/mol. The number of aromatic hydroxyl groups is 1. The topological polar surface area (TPSA) is 65.5 Å². The smallest absolute Gasteiger partial charge is 0.238 e. The first-order chi connectivity index (χ1) is 11.1. The maximum atomic E-state index is 12.0. The average molecular weight is 327 g/mol. The van der Waals surface area contributed by atoms with Gasteiger partial charge in [0.15, 0.2) is 0 Å². The van der Waals surface area contributed by atoms with E-state index in [9.17, 15) is 9.90 Å². The standard InChI is InChI=1S/C17H17N3O2S/c1-20(10-16(22)18-12-6-8-13(21)9-7-12)11-17-19-14-4-2-3-5-15(14)23-17/h2-9,21H,10-11H2,1H3,(H,18,22). The van der Waals surface area contributed by atoms with E-state index in [0.29, 0.717) is 12.2 Å². The van der Waals surface area contributed by atoms with Gasteiger partial charge < -0.3 is 10.4 Å². The van der Waals surface area contributed by atoms with Crippen LogP contribution in [0.1, 0.15) is 5.01 Å². The number of fused-ring (bicyclic) bond motifs is 1. The Kier molecular flexibility index (Phi) is 4.55. The van der Waals surface area contributed by atoms with E-state index in [0.717, 1.165) is 15.2 Å². The molecule has 0 aliphatic heterocycles. The Hall–Kier alpha value is -2.44. The van der Waals surface area contributed by atoms with Crippen LogP contribution in [0.25, 0.3) is 10.2 Å². The first-order valence-electron chi connectivity index (χ1n) is 7.22. The highest BCUT2D eigenvalue weighted by atomic mass is 32.1. The van der Waals surface area contributed by atoms with E-state index in [-0.39, 0.29) is 18.2 Å². The van der Waals surface area contributed by atoms with Crippen LogP contribution in [0.3, 0.4) is 0 Å². The maximum Gasteiger partial charge on any atom is 0.238 e. The minimum Gasteiger partial charge on any atom is -0.508 e. The molecule has 0 unspecified atom stereocenters. The van der Waals surface area contributed by atoms with Gasteiger partial charge in [0.25, 0.3) is 0 Å². The third-order valence-corrected chi connectivity index (χ3v) is 4.33. The fourth-order valence-corrected chi connectivity index (χ4v) is 3.31. The molecule has 1 heterocycles. The molecule has 6 heteroatoms. The van der Waals surface area contributed by atoms with Crippen LogP contribution in [0.4, 0.5) is 5.69 Å². The lowest BCUT2D eigenvalue weighted by Crippen LogP contribution is -2.29. The van der Waals surface area contributed by atoms with Gasteiger partial charge in [0.2, 0.25) is 5.91 Å². The molecule has 2 N–H and O–H groups in total. The third kappa shape index (κ3) is 4.06. The van der Waals surface area contributed by atoms with Crippen molar-refractivity contribution in [3.8, 4) is 5.75 Å². The summed E-state index contributed by atoms with van der Waals surface area (Å²) >= 11 is 1.65. The molecular formula is C17H17N3O2S. The number of amides is 1. The Bertz CT molecular complexity index is 781. The van der Waals surface area contributed by atoms with Crippen LogP contribution in [0, 0.1) is 0 Å². The number of phenols is 1. The zero-order chi connectivity index (χ0) is 16.2. The second kappa shape index (κ2) is 6.76. The summed E-state index contributed by atoms with van der Waals surface area (Å²) in [4.78, 5) is 18.5. The van der Waals surface area contributed by atoms with Crippen molar-refractivity contribution in [2.75, 3.05) is 18.9 Å². The highest BCUT2D eigenvalue weighted by Gasteiger charge is 2.10. The molecule has 0 atom stereocenters. The number of nitrogens with one attached hydrogen (secondary N) is 1. The molecule has 0 saturated carbocycles. The number of thiazole rings is 1. The maximum absolute atomic E-state index is 12.0. The molecule has 1 aromatic heterocycles. The first kappa shape index (κ1) is 15.5. The van der Waals surface area contributed by atoms with Crippen molar-refractivity contribution in [1.29, 1.82) is 0 Å². The van der Waals surface area contributed by atoms with E-state index < -0.39 is 0 Å². The molecule has 3 rings (SSSR count). The first-order valence-corrected chi connectivity index (χ1v) is 8.04. The average Bonchev–Trinajstić information content (AvgIpc) is 2.91. The van der Waals surface area contributed by atoms with Crippen molar-refractivity contribution < 1.29 is 9.90 Å². The van der Waals surface area contributed by atoms with Gasteiger partial charge in [-0.25, -0.2) is 4.98 Å². The molecule has 0 saturated heterocycles. The molecule has 23 heavy (non-hydrogen) atoms. The Morgan fingerprint density at radius 1 is 1.22 bits per heavy atom. The normalized spacial score (nSPS) is 11.0. The molecule has 0 radical (unpaired) electrons. The molecule has 2 aromatic carbocycles. The van der Waals surface area contributed by atoms with Gasteiger partial charge in [-0.05, 0) is 43.4 Å². The summed E-state index contributed by atoms with van der Waals surface area (Å²) in [5, 5.41) is 13.0. The van der Waals surface area contributed by atoms with Gasteiger partial charge in [-0.1, -0.05) is 12.1 Å². The Balaban J connectivity index is 1.56. The minimum atomic E-state index is -0.0979. The van der Waals surface area contributed by atoms with E-state index in [2.05, 4.69) is 10.3 Å². The number of nitrogens with zero attached hydrogens (tertiary/aromatic N) is 2. The lowest BCUT2D eigenvalue weighted by Gasteiger charge is -2.14. The number of carbonyl (C=O) groups is 1. The fourth-order valence-electron chi connectivity index (χ4n) is 2.26. The van der Waals surface area contributed by atoms with Crippen molar-refractivity contribution in [3.63, 3.8) is 0 Å². The van der Waals surface area contributed by atoms with E-state index in [4.69, 9.17) is 0 Å². The van der Waals surface area contributed by atoms with Gasteiger partial charge in [0.05, 0.1) is 23.3 Å². The van der Waals surface area contributed by atoms with Gasteiger partial charge in [-0.3, -0.25) is 9.69 Å². The summed E-state index contributed by atoms with van der Waals surface area (Å²) in [6.45, 7) is 0.902. The van der Waals surface area contributed by atoms with Gasteiger partial charge in [-0.2, -0.15) is 0 Å². The lowest BCUT2D eigenvalue weighted by atomic mass is 10.3. The van der Waals surface area contributed by atoms with Crippen molar-refractivity contribution in [1.82, 2.24) is 9.88 Å². The summed E-state index contributed by atoms with van der Waals surface area (Å²) in [5.41, 5.74) is 1.66. The lowest BCUT2D eigenvalue weighted by molar-refractivity contribution is -0.117. The second-order valence-electron chi connectivity index (χ2n) is 5.34. The molecule has 0 spiro atoms. The summed E-state index contributed by atoms with van der Waals surface area (Å²) in [6.07, 6.45) is 0. The molecule has 3 aromatic rings. The zero-order valence-electron chi connectivity index (χ0n) is 12.7. The summed E-state index contributed by atoms with van der Waals surface area (Å²) in [5.74, 6) is 0.0789. The monoisotopic (exact) mass is 327 g/mol. The molecule has 0 aliphatic rings. The molecule has 1 amide bonds. The molecule has 0 bridgehead atoms. The summed E-state index contributed by atoms with van der Waals surface area (Å²) in [7, 11) is 1.89. The number of aromatic nitrogens is 1. The second-order valence-corrected chi connectivity index (χ2v) is 6.46. The molecule has 5 nitrogen and oxygen atoms in total. The van der Waals surface area contributed by atoms with Gasteiger partial charge >= 0.3 is 0 Å². The van der Waals surface area contributed by atoms with Gasteiger partial charge in [0.1, 0.15) is 10.8 Å². The van der Waals surface area contributed by atoms with Gasteiger partial charge in [0, 0.05) is 5.69 Å². The van der Waals surface area contributed by atoms with Crippen LogP contribution < -0.4 is 5.32 Å². The van der Waals surface area contributed by atoms with Crippen molar-refractivity contribution in [3.05, 3.63) is 53.5 Å². The van der Waals surface area contributed by atoms with Crippen molar-refractivity contribution in [2.45, 2.75) is 6.54 Å². The Morgan fingerprint density at radius 3 is 2.70 bits per heavy atom. The predicted octanol–water partition coefficient (Wildman–Crippen LogP) is 3.07. The van der Waals surface area contributed by atoms with Crippen LogP contribution >= 0.6 is 11.3 Å². The highest BCUT2D eigenvalue weighted by molar-refractivity contribution is 7.18. The Morgan fingerprint density at radius 2 is 1.96 bits per heavy atom. The van der Waals surface area contributed by atoms with E-state index in [1.165, 1.54) is 0 Å². The fraction of sp³-hybridized carbons (Fsp3) is 0.176. The molecule has 0 aliphatic carbocycles. The van der Waals surface area contributed by atoms with Crippen LogP contribution in [0.2, 0.25) is 0 Å². The molecule has 0 fully saturated rings. The number of para-hydroxylation sites is 1. The van der Waals surface area contributed by atoms with Crippen molar-refractivity contribution >= 4 is 33.1 Å². The Labute approximate surface area is 138 Å². The number of phenolic OH excluding ortho intramolecular Hbond substituents is 1. The van der Waals surface area contributed by atoms with Gasteiger partial charge in [-0.15, -0.1) is 11.3 Å². The van der Waals surface area contributed by atoms with E-state index >= 15 is 0 Å². The summed E-state index contributed by atoms with van der Waals surface area (Å²) < 4.78 is 1.16. The van der Waals surface area contributed by atoms with E-state index in [1.807, 2.05) is 36.2 Å². The van der Waals surface area contributed by atoms with Crippen LogP contribution in [-0.4, -0.2) is 34.5 Å². The number of rotatable bonds is 5. The SMILES string of the molecule is CN(CC(=O)Nc1ccc(O)cc1)Cc1nc2ccccc2s1. The highest BCUT2D eigenvalue weighted by Crippen LogP contribution is 2.22. The van der Waals surface area contributed by atoms with Crippen LogP contribution in [0.15, 0.2) is 48.5 Å². The number of hydrogen-bond acceptors (Lipinski definition) is 5. The van der Waals surface area contributed by atoms with Crippen molar-refractivity contribution in [2.24, 2.45) is 0 Å². The quantitative estimate of drug-likeness (QED) is 0.707. The zero-order valence-corrected chi connectivity index (χ0v) is 13.5. The molecule has 118 valence electrons. The largest absolute Gasteiger partial charge is 0.508 e. The number of likely N-dealkylation sites (N-methyl/N-ethyl adjacent to an activating group) is 1. The number of benzene rings is 2. The van der Waals surface area contributed by atoms with E-state index in [1.54, 1.807) is 35.6 Å². The predicted molar refractivity (Wildman–Crippen MR) is 92.7 cm³/mol. The minimum absolute atomic E-state index is 0.0979. The number of carbonyl (C=O) groups excluding carboxylic acids is 1. The number of anilines is 1. The van der Waals surface area contributed by atoms with Crippen LogP contribution in [-0.2, 0) is 11.3 Å². The number of hydrogen-bond donors (Lipinski definition) is 2. The van der Waals surface area contributed by atoms with Crippen LogP contribution in [0.5, 0.6) is 5.75 Å². The summed E-state index contributed by atoms with van der Waals surface area (Å²) in [6, 6.07) is 14.4. The third-order valence-electron chi connectivity index (χ3n) is 3.31.